The molecule has 0 saturated carbocycles. The van der Waals surface area contributed by atoms with Gasteiger partial charge in [-0.1, -0.05) is 19.9 Å². The first kappa shape index (κ1) is 13.9. The highest BCUT2D eigenvalue weighted by molar-refractivity contribution is 7.12. The summed E-state index contributed by atoms with van der Waals surface area (Å²) in [5.74, 6) is 0. The SMILES string of the molecule is CCCN(Cc1ccc(CC)s1)c1cccc(N)c1. The maximum atomic E-state index is 5.89. The second kappa shape index (κ2) is 6.62. The molecule has 0 bridgehead atoms. The van der Waals surface area contributed by atoms with Crippen molar-refractivity contribution in [2.24, 2.45) is 0 Å². The number of aryl methyl sites for hydroxylation is 1. The fraction of sp³-hybridized carbons (Fsp3) is 0.375. The van der Waals surface area contributed by atoms with Crippen LogP contribution in [-0.4, -0.2) is 6.54 Å². The number of hydrogen-bond donors (Lipinski definition) is 1. The lowest BCUT2D eigenvalue weighted by Gasteiger charge is -2.24. The molecule has 0 fully saturated rings. The third-order valence-corrected chi connectivity index (χ3v) is 4.36. The molecule has 2 nitrogen and oxygen atoms in total. The molecule has 0 spiro atoms. The Labute approximate surface area is 119 Å². The zero-order valence-electron chi connectivity index (χ0n) is 11.7. The van der Waals surface area contributed by atoms with Crippen LogP contribution in [0.5, 0.6) is 0 Å². The van der Waals surface area contributed by atoms with Crippen molar-refractivity contribution in [3.63, 3.8) is 0 Å². The summed E-state index contributed by atoms with van der Waals surface area (Å²) in [5, 5.41) is 0. The van der Waals surface area contributed by atoms with Gasteiger partial charge in [0.25, 0.3) is 0 Å². The smallest absolute Gasteiger partial charge is 0.0522 e. The summed E-state index contributed by atoms with van der Waals surface area (Å²) < 4.78 is 0. The summed E-state index contributed by atoms with van der Waals surface area (Å²) >= 11 is 1.91. The van der Waals surface area contributed by atoms with Crippen molar-refractivity contribution in [1.82, 2.24) is 0 Å². The van der Waals surface area contributed by atoms with E-state index in [1.165, 1.54) is 15.4 Å². The van der Waals surface area contributed by atoms with E-state index in [4.69, 9.17) is 5.73 Å². The molecule has 0 aliphatic rings. The maximum absolute atomic E-state index is 5.89. The van der Waals surface area contributed by atoms with E-state index in [0.717, 1.165) is 31.6 Å². The number of nitrogen functional groups attached to an aromatic ring is 1. The van der Waals surface area contributed by atoms with Crippen molar-refractivity contribution >= 4 is 22.7 Å². The highest BCUT2D eigenvalue weighted by Gasteiger charge is 2.08. The summed E-state index contributed by atoms with van der Waals surface area (Å²) in [6.07, 6.45) is 2.26. The van der Waals surface area contributed by atoms with Crippen LogP contribution in [0.1, 0.15) is 30.0 Å². The predicted octanol–water partition coefficient (Wildman–Crippen LogP) is 4.31. The highest BCUT2D eigenvalue weighted by atomic mass is 32.1. The fourth-order valence-corrected chi connectivity index (χ4v) is 3.15. The van der Waals surface area contributed by atoms with Gasteiger partial charge in [0.15, 0.2) is 0 Å². The van der Waals surface area contributed by atoms with Crippen molar-refractivity contribution in [2.75, 3.05) is 17.2 Å². The summed E-state index contributed by atoms with van der Waals surface area (Å²) in [7, 11) is 0. The molecule has 3 heteroatoms. The third kappa shape index (κ3) is 3.74. The average molecular weight is 274 g/mol. The van der Waals surface area contributed by atoms with Gasteiger partial charge in [-0.3, -0.25) is 0 Å². The molecule has 2 N–H and O–H groups in total. The first-order chi connectivity index (χ1) is 9.22. The molecule has 0 atom stereocenters. The van der Waals surface area contributed by atoms with E-state index in [9.17, 15) is 0 Å². The van der Waals surface area contributed by atoms with Crippen LogP contribution in [0.2, 0.25) is 0 Å². The molecule has 19 heavy (non-hydrogen) atoms. The number of benzene rings is 1. The molecule has 1 aromatic heterocycles. The Kier molecular flexibility index (Phi) is 4.86. The Hall–Kier alpha value is -1.48. The number of nitrogens with two attached hydrogens (primary N) is 1. The van der Waals surface area contributed by atoms with Crippen LogP contribution in [0.3, 0.4) is 0 Å². The summed E-state index contributed by atoms with van der Waals surface area (Å²) in [6.45, 7) is 6.45. The molecular formula is C16H22N2S. The zero-order valence-corrected chi connectivity index (χ0v) is 12.5. The van der Waals surface area contributed by atoms with Crippen molar-refractivity contribution in [3.8, 4) is 0 Å². The van der Waals surface area contributed by atoms with Gasteiger partial charge in [-0.2, -0.15) is 0 Å². The molecule has 0 saturated heterocycles. The Morgan fingerprint density at radius 3 is 2.53 bits per heavy atom. The maximum Gasteiger partial charge on any atom is 0.0522 e. The van der Waals surface area contributed by atoms with E-state index >= 15 is 0 Å². The topological polar surface area (TPSA) is 29.3 Å². The van der Waals surface area contributed by atoms with Crippen LogP contribution < -0.4 is 10.6 Å². The first-order valence-corrected chi connectivity index (χ1v) is 7.72. The zero-order chi connectivity index (χ0) is 13.7. The number of anilines is 2. The Morgan fingerprint density at radius 1 is 1.11 bits per heavy atom. The van der Waals surface area contributed by atoms with E-state index < -0.39 is 0 Å². The van der Waals surface area contributed by atoms with E-state index in [-0.39, 0.29) is 0 Å². The molecule has 0 aliphatic carbocycles. The van der Waals surface area contributed by atoms with E-state index in [1.54, 1.807) is 0 Å². The Morgan fingerprint density at radius 2 is 1.89 bits per heavy atom. The Balaban J connectivity index is 2.15. The van der Waals surface area contributed by atoms with Gasteiger partial charge in [0.2, 0.25) is 0 Å². The number of hydrogen-bond acceptors (Lipinski definition) is 3. The van der Waals surface area contributed by atoms with Gasteiger partial charge in [-0.15, -0.1) is 11.3 Å². The largest absolute Gasteiger partial charge is 0.399 e. The predicted molar refractivity (Wildman–Crippen MR) is 85.9 cm³/mol. The number of rotatable bonds is 6. The molecule has 0 radical (unpaired) electrons. The molecule has 1 aromatic carbocycles. The van der Waals surface area contributed by atoms with Gasteiger partial charge in [0.1, 0.15) is 0 Å². The van der Waals surface area contributed by atoms with Gasteiger partial charge in [-0.25, -0.2) is 0 Å². The van der Waals surface area contributed by atoms with Crippen molar-refractivity contribution in [1.29, 1.82) is 0 Å². The number of nitrogens with zero attached hydrogens (tertiary/aromatic N) is 1. The summed E-state index contributed by atoms with van der Waals surface area (Å²) in [5.41, 5.74) is 7.94. The highest BCUT2D eigenvalue weighted by Crippen LogP contribution is 2.24. The normalized spacial score (nSPS) is 10.6. The second-order valence-corrected chi connectivity index (χ2v) is 5.99. The average Bonchev–Trinajstić information content (AvgIpc) is 2.86. The molecule has 2 aromatic rings. The molecule has 0 amide bonds. The number of thiophene rings is 1. The van der Waals surface area contributed by atoms with E-state index in [1.807, 2.05) is 23.5 Å². The minimum atomic E-state index is 0.832. The van der Waals surface area contributed by atoms with Crippen LogP contribution in [-0.2, 0) is 13.0 Å². The van der Waals surface area contributed by atoms with Crippen molar-refractivity contribution in [2.45, 2.75) is 33.2 Å². The monoisotopic (exact) mass is 274 g/mol. The summed E-state index contributed by atoms with van der Waals surface area (Å²) in [4.78, 5) is 5.29. The van der Waals surface area contributed by atoms with Crippen LogP contribution >= 0.6 is 11.3 Å². The van der Waals surface area contributed by atoms with Crippen molar-refractivity contribution in [3.05, 3.63) is 46.2 Å². The molecular weight excluding hydrogens is 252 g/mol. The lowest BCUT2D eigenvalue weighted by atomic mass is 10.2. The third-order valence-electron chi connectivity index (χ3n) is 3.14. The Bertz CT molecular complexity index is 519. The fourth-order valence-electron chi connectivity index (χ4n) is 2.18. The quantitative estimate of drug-likeness (QED) is 0.795. The van der Waals surface area contributed by atoms with Gasteiger partial charge in [0, 0.05) is 27.7 Å². The van der Waals surface area contributed by atoms with Crippen LogP contribution in [0.15, 0.2) is 36.4 Å². The van der Waals surface area contributed by atoms with E-state index in [0.29, 0.717) is 0 Å². The molecule has 102 valence electrons. The molecule has 1 heterocycles. The van der Waals surface area contributed by atoms with Gasteiger partial charge in [0.05, 0.1) is 6.54 Å². The minimum Gasteiger partial charge on any atom is -0.399 e. The lowest BCUT2D eigenvalue weighted by molar-refractivity contribution is 0.774. The standard InChI is InChI=1S/C16H22N2S/c1-3-10-18(14-7-5-6-13(17)11-14)12-16-9-8-15(4-2)19-16/h5-9,11H,3-4,10,12,17H2,1-2H3. The first-order valence-electron chi connectivity index (χ1n) is 6.91. The molecule has 0 unspecified atom stereocenters. The molecule has 0 aliphatic heterocycles. The van der Waals surface area contributed by atoms with Crippen LogP contribution in [0.25, 0.3) is 0 Å². The molecule has 2 rings (SSSR count). The van der Waals surface area contributed by atoms with Gasteiger partial charge in [-0.05, 0) is 43.2 Å². The van der Waals surface area contributed by atoms with Gasteiger partial charge >= 0.3 is 0 Å². The van der Waals surface area contributed by atoms with Crippen LogP contribution in [0.4, 0.5) is 11.4 Å². The lowest BCUT2D eigenvalue weighted by Crippen LogP contribution is -2.22. The second-order valence-electron chi connectivity index (χ2n) is 4.74. The van der Waals surface area contributed by atoms with Crippen molar-refractivity contribution < 1.29 is 0 Å². The summed E-state index contributed by atoms with van der Waals surface area (Å²) in [6, 6.07) is 12.7. The van der Waals surface area contributed by atoms with E-state index in [2.05, 4.69) is 43.0 Å². The minimum absolute atomic E-state index is 0.832. The van der Waals surface area contributed by atoms with Gasteiger partial charge < -0.3 is 10.6 Å². The van der Waals surface area contributed by atoms with Crippen LogP contribution in [0, 0.1) is 0 Å².